The molecule has 2 aromatic carbocycles. The number of alkyl halides is 1. The van der Waals surface area contributed by atoms with Crippen molar-refractivity contribution in [3.63, 3.8) is 0 Å². The van der Waals surface area contributed by atoms with Crippen LogP contribution in [0.2, 0.25) is 0 Å². The molecule has 3 aliphatic heterocycles. The molecular formula is C33H32ClK2N3O7. The first-order valence-corrected chi connectivity index (χ1v) is 13.6. The third-order valence-corrected chi connectivity index (χ3v) is 5.99. The first-order chi connectivity index (χ1) is 20.6. The fourth-order valence-electron chi connectivity index (χ4n) is 3.36. The van der Waals surface area contributed by atoms with Crippen molar-refractivity contribution >= 4 is 58.8 Å². The molecule has 0 saturated heterocycles. The fraction of sp³-hybridized carbons (Fsp3) is 0.152. The van der Waals surface area contributed by atoms with Gasteiger partial charge >= 0.3 is 103 Å². The van der Waals surface area contributed by atoms with Gasteiger partial charge < -0.3 is 25.8 Å². The maximum Gasteiger partial charge on any atom is 1.00 e. The van der Waals surface area contributed by atoms with Crippen LogP contribution in [0.15, 0.2) is 98.5 Å². The van der Waals surface area contributed by atoms with Crippen molar-refractivity contribution in [2.45, 2.75) is 31.7 Å². The van der Waals surface area contributed by atoms with Gasteiger partial charge in [-0.25, -0.2) is 0 Å². The number of allylic oxidation sites excluding steroid dienone is 3. The summed E-state index contributed by atoms with van der Waals surface area (Å²) < 4.78 is 0. The van der Waals surface area contributed by atoms with Crippen molar-refractivity contribution < 1.29 is 137 Å². The van der Waals surface area contributed by atoms with Gasteiger partial charge in [-0.15, -0.1) is 11.6 Å². The van der Waals surface area contributed by atoms with Crippen LogP contribution in [0.5, 0.6) is 0 Å². The average Bonchev–Trinajstić information content (AvgIpc) is 3.00. The number of benzene rings is 2. The normalized spacial score (nSPS) is 14.1. The summed E-state index contributed by atoms with van der Waals surface area (Å²) >= 11 is 5.60. The number of nitrogens with one attached hydrogen (secondary N) is 1. The molecule has 0 aliphatic carbocycles. The summed E-state index contributed by atoms with van der Waals surface area (Å²) in [5.41, 5.74) is 4.36. The van der Waals surface area contributed by atoms with Gasteiger partial charge in [0.1, 0.15) is 0 Å². The minimum absolute atomic E-state index is 0. The molecule has 3 aliphatic rings. The first-order valence-electron chi connectivity index (χ1n) is 13.0. The molecule has 230 valence electrons. The number of rotatable bonds is 5. The summed E-state index contributed by atoms with van der Waals surface area (Å²) in [7, 11) is 0. The Hall–Kier alpha value is -1.92. The zero-order valence-corrected chi connectivity index (χ0v) is 32.9. The zero-order chi connectivity index (χ0) is 31.6. The van der Waals surface area contributed by atoms with Crippen LogP contribution in [0.4, 0.5) is 0 Å². The Balaban J connectivity index is 0. The predicted molar refractivity (Wildman–Crippen MR) is 168 cm³/mol. The number of halogens is 1. The topological polar surface area (TPSA) is 162 Å². The van der Waals surface area contributed by atoms with E-state index < -0.39 is 0 Å². The van der Waals surface area contributed by atoms with Gasteiger partial charge in [0.15, 0.2) is 17.3 Å². The molecular weight excluding hydrogens is 664 g/mol. The molecule has 10 nitrogen and oxygen atoms in total. The van der Waals surface area contributed by atoms with E-state index in [2.05, 4.69) is 23.8 Å². The van der Waals surface area contributed by atoms with Gasteiger partial charge in [0.25, 0.3) is 0 Å². The standard InChI is InChI=1S/C14H13NO2.C9H9Cl.2C5H5NO2.2K.H2O/c1-2-11-3-5-12(6-4-11)10-15-8-7-13(16)9-14(15)17;1-2-8-3-5-9(7-10)6-4-8;2*7-4-1-2-6-5(8)3-4;;;/h2-8H,1,9-10H2;2-6H,1,7H2;1-2H,3H2,(H,6,7,8);1-2H,3H2,(H,6,8);;;1H2/q;;;;2*+1;/p-2. The molecule has 46 heavy (non-hydrogen) atoms. The van der Waals surface area contributed by atoms with E-state index in [4.69, 9.17) is 11.6 Å². The van der Waals surface area contributed by atoms with Crippen molar-refractivity contribution in [3.05, 3.63) is 126 Å². The van der Waals surface area contributed by atoms with Gasteiger partial charge in [-0.2, -0.15) is 6.20 Å². The maximum absolute atomic E-state index is 11.6. The molecule has 2 aromatic rings. The van der Waals surface area contributed by atoms with Gasteiger partial charge in [-0.05, 0) is 40.5 Å². The van der Waals surface area contributed by atoms with Crippen molar-refractivity contribution in [1.29, 1.82) is 0 Å². The zero-order valence-electron chi connectivity index (χ0n) is 25.9. The Morgan fingerprint density at radius 1 is 0.739 bits per heavy atom. The number of amides is 3. The molecule has 0 atom stereocenters. The molecule has 0 radical (unpaired) electrons. The minimum Gasteiger partial charge on any atom is -0.870 e. The Morgan fingerprint density at radius 3 is 1.65 bits per heavy atom. The quantitative estimate of drug-likeness (QED) is 0.239. The molecule has 0 saturated carbocycles. The number of carbonyl (C=O) groups is 6. The Labute approximate surface area is 358 Å². The summed E-state index contributed by atoms with van der Waals surface area (Å²) in [6.07, 6.45) is 11.7. The molecule has 0 aromatic heterocycles. The Morgan fingerprint density at radius 2 is 1.26 bits per heavy atom. The van der Waals surface area contributed by atoms with Crippen LogP contribution >= 0.6 is 11.6 Å². The summed E-state index contributed by atoms with van der Waals surface area (Å²) in [5.74, 6) is -0.565. The fourth-order valence-corrected chi connectivity index (χ4v) is 3.54. The van der Waals surface area contributed by atoms with Gasteiger partial charge in [-0.1, -0.05) is 73.8 Å². The van der Waals surface area contributed by atoms with E-state index in [-0.39, 0.29) is 163 Å². The Kier molecular flexibility index (Phi) is 26.2. The summed E-state index contributed by atoms with van der Waals surface area (Å²) in [5, 5.41) is 5.71. The van der Waals surface area contributed by atoms with Crippen LogP contribution < -0.4 is 108 Å². The molecule has 0 bridgehead atoms. The van der Waals surface area contributed by atoms with E-state index in [0.717, 1.165) is 22.3 Å². The van der Waals surface area contributed by atoms with Gasteiger partial charge in [-0.3, -0.25) is 24.0 Å². The molecule has 2 N–H and O–H groups in total. The monoisotopic (exact) mass is 695 g/mol. The third kappa shape index (κ3) is 19.0. The minimum atomic E-state index is -0.350. The van der Waals surface area contributed by atoms with Crippen LogP contribution in [0.25, 0.3) is 17.5 Å². The van der Waals surface area contributed by atoms with E-state index in [1.807, 2.05) is 54.6 Å². The van der Waals surface area contributed by atoms with Crippen LogP contribution in [-0.2, 0) is 41.2 Å². The van der Waals surface area contributed by atoms with Crippen molar-refractivity contribution in [2.75, 3.05) is 0 Å². The van der Waals surface area contributed by atoms with Crippen molar-refractivity contribution in [2.24, 2.45) is 0 Å². The molecule has 0 spiro atoms. The molecule has 3 heterocycles. The number of ketones is 3. The molecule has 0 fully saturated rings. The molecule has 3 amide bonds. The number of hydrogen-bond donors (Lipinski definition) is 1. The first kappa shape index (κ1) is 46.2. The van der Waals surface area contributed by atoms with E-state index >= 15 is 0 Å². The number of nitrogens with zero attached hydrogens (tertiary/aromatic N) is 2. The number of hydrogen-bond acceptors (Lipinski definition) is 7. The average molecular weight is 696 g/mol. The van der Waals surface area contributed by atoms with E-state index in [1.54, 1.807) is 17.2 Å². The molecule has 5 rings (SSSR count). The second-order valence-electron chi connectivity index (χ2n) is 9.03. The van der Waals surface area contributed by atoms with E-state index in [9.17, 15) is 28.8 Å². The van der Waals surface area contributed by atoms with Crippen LogP contribution in [-0.4, -0.2) is 45.4 Å². The van der Waals surface area contributed by atoms with E-state index in [0.29, 0.717) is 12.4 Å². The third-order valence-electron chi connectivity index (χ3n) is 5.68. The largest absolute Gasteiger partial charge is 1.00 e. The van der Waals surface area contributed by atoms with Crippen LogP contribution in [0, 0.1) is 0 Å². The summed E-state index contributed by atoms with van der Waals surface area (Å²) in [6.45, 7) is 7.84. The van der Waals surface area contributed by atoms with Crippen molar-refractivity contribution in [1.82, 2.24) is 10.2 Å². The smallest absolute Gasteiger partial charge is 0.870 e. The molecule has 13 heteroatoms. The maximum atomic E-state index is 11.6. The van der Waals surface area contributed by atoms with Gasteiger partial charge in [0, 0.05) is 18.3 Å². The number of carbonyl (C=O) groups excluding carboxylic acids is 6. The summed E-state index contributed by atoms with van der Waals surface area (Å²) in [4.78, 5) is 65.3. The van der Waals surface area contributed by atoms with Crippen molar-refractivity contribution in [3.8, 4) is 0 Å². The van der Waals surface area contributed by atoms with E-state index in [1.165, 1.54) is 30.6 Å². The van der Waals surface area contributed by atoms with Crippen LogP contribution in [0.3, 0.4) is 0 Å². The summed E-state index contributed by atoms with van der Waals surface area (Å²) in [6, 6.07) is 15.8. The van der Waals surface area contributed by atoms with Gasteiger partial charge in [0.2, 0.25) is 11.8 Å². The second kappa shape index (κ2) is 26.1. The Bertz CT molecular complexity index is 1420. The predicted octanol–water partition coefficient (Wildman–Crippen LogP) is -0.993. The molecule has 0 unspecified atom stereocenters. The van der Waals surface area contributed by atoms with Crippen LogP contribution in [0.1, 0.15) is 41.5 Å². The SMILES string of the molecule is C=Cc1ccc(CCl)cc1.C=Cc1ccc(CN2C=CC(=O)CC2=O)cc1.O=C1C=CNC(=O)C1.O=C1C=C[N-]C(=O)C1.[K+].[K+].[OH-]. The second-order valence-corrected chi connectivity index (χ2v) is 9.30. The van der Waals surface area contributed by atoms with Gasteiger partial charge in [0.05, 0.1) is 31.7 Å².